The molecule has 80 valence electrons. The molecule has 1 aromatic carbocycles. The fourth-order valence-corrected chi connectivity index (χ4v) is 2.29. The Morgan fingerprint density at radius 3 is 2.94 bits per heavy atom. The largest absolute Gasteiger partial charge is 0.331 e. The molecule has 0 saturated heterocycles. The minimum absolute atomic E-state index is 0.0145. The lowest BCUT2D eigenvalue weighted by atomic mass is 10.2. The quantitative estimate of drug-likeness (QED) is 0.920. The van der Waals surface area contributed by atoms with Crippen molar-refractivity contribution in [2.45, 2.75) is 0 Å². The highest BCUT2D eigenvalue weighted by molar-refractivity contribution is 9.10. The maximum atomic E-state index is 13.0. The summed E-state index contributed by atoms with van der Waals surface area (Å²) in [7, 11) is 0. The van der Waals surface area contributed by atoms with E-state index in [-0.39, 0.29) is 5.56 Å². The monoisotopic (exact) mass is 297 g/mol. The number of halogens is 2. The van der Waals surface area contributed by atoms with Gasteiger partial charge < -0.3 is 5.32 Å². The molecule has 1 heterocycles. The number of benzene rings is 1. The highest BCUT2D eigenvalue weighted by Gasteiger charge is 2.04. The minimum Gasteiger partial charge on any atom is -0.331 e. The molecule has 0 aliphatic carbocycles. The van der Waals surface area contributed by atoms with E-state index in [9.17, 15) is 4.39 Å². The summed E-state index contributed by atoms with van der Waals surface area (Å²) in [6.45, 7) is 0. The van der Waals surface area contributed by atoms with Gasteiger partial charge in [0, 0.05) is 11.1 Å². The maximum absolute atomic E-state index is 13.0. The van der Waals surface area contributed by atoms with Gasteiger partial charge in [-0.3, -0.25) is 0 Å². The third-order valence-electron chi connectivity index (χ3n) is 1.81. The van der Waals surface area contributed by atoms with Gasteiger partial charge in [-0.05, 0) is 34.1 Å². The minimum atomic E-state index is -0.520. The molecular weight excluding hydrogens is 293 g/mol. The highest BCUT2D eigenvalue weighted by atomic mass is 79.9. The predicted octanol–water partition coefficient (Wildman–Crippen LogP) is 3.66. The molecule has 0 radical (unpaired) electrons. The zero-order valence-corrected chi connectivity index (χ0v) is 10.3. The van der Waals surface area contributed by atoms with Crippen LogP contribution in [-0.4, -0.2) is 4.98 Å². The van der Waals surface area contributed by atoms with Gasteiger partial charge in [-0.25, -0.2) is 9.37 Å². The summed E-state index contributed by atoms with van der Waals surface area (Å²) >= 11 is 4.65. The van der Waals surface area contributed by atoms with E-state index in [1.165, 1.54) is 23.5 Å². The number of hydrogen-bond acceptors (Lipinski definition) is 4. The first-order valence-corrected chi connectivity index (χ1v) is 5.94. The van der Waals surface area contributed by atoms with E-state index in [0.717, 1.165) is 4.60 Å². The van der Waals surface area contributed by atoms with Crippen LogP contribution >= 0.6 is 27.3 Å². The smallest absolute Gasteiger partial charge is 0.188 e. The molecule has 1 N–H and O–H groups in total. The van der Waals surface area contributed by atoms with E-state index in [1.54, 1.807) is 12.1 Å². The third-order valence-corrected chi connectivity index (χ3v) is 3.28. The summed E-state index contributed by atoms with van der Waals surface area (Å²) in [5.41, 5.74) is 0.653. The van der Waals surface area contributed by atoms with Crippen LogP contribution < -0.4 is 5.32 Å². The van der Waals surface area contributed by atoms with Gasteiger partial charge in [0.2, 0.25) is 0 Å². The van der Waals surface area contributed by atoms with Gasteiger partial charge in [0.1, 0.15) is 16.5 Å². The van der Waals surface area contributed by atoms with E-state index in [0.29, 0.717) is 10.8 Å². The number of nitrogens with one attached hydrogen (secondary N) is 1. The van der Waals surface area contributed by atoms with Gasteiger partial charge in [0.25, 0.3) is 0 Å². The Hall–Kier alpha value is -1.45. The molecule has 0 unspecified atom stereocenters. The average Bonchev–Trinajstić information content (AvgIpc) is 2.67. The van der Waals surface area contributed by atoms with Crippen molar-refractivity contribution in [2.24, 2.45) is 0 Å². The molecule has 0 atom stereocenters. The number of thiazole rings is 1. The second kappa shape index (κ2) is 4.60. The Morgan fingerprint density at radius 2 is 2.31 bits per heavy atom. The summed E-state index contributed by atoms with van der Waals surface area (Å²) in [4.78, 5) is 4.13. The first-order valence-electron chi connectivity index (χ1n) is 4.27. The normalized spacial score (nSPS) is 9.81. The number of nitriles is 1. The standard InChI is InChI=1S/C10H5BrFN3S/c11-9-5-16-10(15-9)14-7-1-2-8(12)6(3-7)4-13/h1-3,5H,(H,14,15). The Kier molecular flexibility index (Phi) is 3.17. The van der Waals surface area contributed by atoms with Gasteiger partial charge in [-0.15, -0.1) is 11.3 Å². The molecule has 1 aromatic heterocycles. The van der Waals surface area contributed by atoms with Crippen LogP contribution in [-0.2, 0) is 0 Å². The fraction of sp³-hybridized carbons (Fsp3) is 0. The van der Waals surface area contributed by atoms with Gasteiger partial charge in [-0.1, -0.05) is 0 Å². The summed E-state index contributed by atoms with van der Waals surface area (Å²) < 4.78 is 13.8. The van der Waals surface area contributed by atoms with Crippen LogP contribution in [0.2, 0.25) is 0 Å². The lowest BCUT2D eigenvalue weighted by Gasteiger charge is -2.02. The van der Waals surface area contributed by atoms with E-state index in [1.807, 2.05) is 5.38 Å². The fourth-order valence-electron chi connectivity index (χ4n) is 1.12. The number of nitrogens with zero attached hydrogens (tertiary/aromatic N) is 2. The first-order chi connectivity index (χ1) is 7.69. The van der Waals surface area contributed by atoms with Crippen LogP contribution in [0.3, 0.4) is 0 Å². The van der Waals surface area contributed by atoms with Crippen molar-refractivity contribution in [3.05, 3.63) is 39.6 Å². The molecule has 0 fully saturated rings. The van der Waals surface area contributed by atoms with Gasteiger partial charge >= 0.3 is 0 Å². The molecule has 16 heavy (non-hydrogen) atoms. The van der Waals surface area contributed by atoms with Gasteiger partial charge in [0.05, 0.1) is 5.56 Å². The molecule has 0 amide bonds. The third kappa shape index (κ3) is 2.38. The molecule has 2 rings (SSSR count). The van der Waals surface area contributed by atoms with Crippen molar-refractivity contribution in [3.63, 3.8) is 0 Å². The van der Waals surface area contributed by atoms with Crippen LogP contribution in [0.25, 0.3) is 0 Å². The zero-order chi connectivity index (χ0) is 11.5. The molecule has 2 aromatic rings. The summed E-state index contributed by atoms with van der Waals surface area (Å²) in [5.74, 6) is -0.520. The summed E-state index contributed by atoms with van der Waals surface area (Å²) in [6.07, 6.45) is 0. The SMILES string of the molecule is N#Cc1cc(Nc2nc(Br)cs2)ccc1F. The Balaban J connectivity index is 2.26. The second-order valence-electron chi connectivity index (χ2n) is 2.91. The molecule has 3 nitrogen and oxygen atoms in total. The van der Waals surface area contributed by atoms with Crippen molar-refractivity contribution in [3.8, 4) is 6.07 Å². The number of rotatable bonds is 2. The van der Waals surface area contributed by atoms with Crippen molar-refractivity contribution in [1.29, 1.82) is 5.26 Å². The van der Waals surface area contributed by atoms with Gasteiger partial charge in [-0.2, -0.15) is 5.26 Å². The Bertz CT molecular complexity index is 561. The first kappa shape index (κ1) is 11.0. The molecular formula is C10H5BrFN3S. The molecule has 6 heteroatoms. The number of anilines is 2. The molecule has 0 spiro atoms. The van der Waals surface area contributed by atoms with Crippen LogP contribution in [0.5, 0.6) is 0 Å². The van der Waals surface area contributed by atoms with Crippen LogP contribution in [0.15, 0.2) is 28.2 Å². The van der Waals surface area contributed by atoms with Crippen molar-refractivity contribution in [1.82, 2.24) is 4.98 Å². The Morgan fingerprint density at radius 1 is 1.50 bits per heavy atom. The van der Waals surface area contributed by atoms with E-state index >= 15 is 0 Å². The van der Waals surface area contributed by atoms with E-state index in [2.05, 4.69) is 26.2 Å². The van der Waals surface area contributed by atoms with Crippen molar-refractivity contribution < 1.29 is 4.39 Å². The summed E-state index contributed by atoms with van der Waals surface area (Å²) in [5, 5.41) is 14.2. The van der Waals surface area contributed by atoms with Crippen LogP contribution in [0, 0.1) is 17.1 Å². The lowest BCUT2D eigenvalue weighted by Crippen LogP contribution is -1.91. The predicted molar refractivity (Wildman–Crippen MR) is 64.2 cm³/mol. The highest BCUT2D eigenvalue weighted by Crippen LogP contribution is 2.24. The maximum Gasteiger partial charge on any atom is 0.188 e. The molecule has 0 saturated carbocycles. The topological polar surface area (TPSA) is 48.7 Å². The molecule has 0 bridgehead atoms. The average molecular weight is 298 g/mol. The zero-order valence-electron chi connectivity index (χ0n) is 7.87. The van der Waals surface area contributed by atoms with Gasteiger partial charge in [0.15, 0.2) is 5.13 Å². The van der Waals surface area contributed by atoms with Crippen LogP contribution in [0.1, 0.15) is 5.56 Å². The second-order valence-corrected chi connectivity index (χ2v) is 4.58. The van der Waals surface area contributed by atoms with Crippen molar-refractivity contribution >= 4 is 38.1 Å². The lowest BCUT2D eigenvalue weighted by molar-refractivity contribution is 0.624. The molecule has 0 aliphatic rings. The number of hydrogen-bond donors (Lipinski definition) is 1. The van der Waals surface area contributed by atoms with Crippen LogP contribution in [0.4, 0.5) is 15.2 Å². The number of aromatic nitrogens is 1. The van der Waals surface area contributed by atoms with Crippen molar-refractivity contribution in [2.75, 3.05) is 5.32 Å². The summed E-state index contributed by atoms with van der Waals surface area (Å²) in [6, 6.07) is 6.05. The van der Waals surface area contributed by atoms with E-state index in [4.69, 9.17) is 5.26 Å². The van der Waals surface area contributed by atoms with E-state index < -0.39 is 5.82 Å². The molecule has 0 aliphatic heterocycles. The Labute approximate surface area is 104 Å².